The molecule has 1 atom stereocenters. The molecule has 2 aromatic carbocycles. The molecule has 6 N–H and O–H groups in total. The summed E-state index contributed by atoms with van der Waals surface area (Å²) in [6, 6.07) is 16.5. The minimum Gasteiger partial charge on any atom is -0.423 e. The quantitative estimate of drug-likeness (QED) is 0.213. The molecule has 0 radical (unpaired) electrons. The summed E-state index contributed by atoms with van der Waals surface area (Å²) in [6.07, 6.45) is 1.79. The van der Waals surface area contributed by atoms with Gasteiger partial charge in [-0.3, -0.25) is 5.32 Å². The van der Waals surface area contributed by atoms with Gasteiger partial charge in [0.05, 0.1) is 11.3 Å². The largest absolute Gasteiger partial charge is 0.423 e. The summed E-state index contributed by atoms with van der Waals surface area (Å²) in [6.45, 7) is 0. The number of nitriles is 2. The lowest BCUT2D eigenvalue weighted by Crippen LogP contribution is -2.32. The number of aromatic nitrogens is 1. The fourth-order valence-corrected chi connectivity index (χ4v) is 3.31. The number of ether oxygens (including phenoxy) is 1. The number of hydrogen-bond acceptors (Lipinski definition) is 10. The van der Waals surface area contributed by atoms with Crippen molar-refractivity contribution in [2.45, 2.75) is 6.04 Å². The van der Waals surface area contributed by atoms with Crippen molar-refractivity contribution in [3.8, 4) is 18.0 Å². The van der Waals surface area contributed by atoms with E-state index in [0.717, 1.165) is 0 Å². The molecule has 0 saturated carbocycles. The van der Waals surface area contributed by atoms with Gasteiger partial charge in [0.15, 0.2) is 6.19 Å². The fourth-order valence-electron chi connectivity index (χ4n) is 3.31. The van der Waals surface area contributed by atoms with E-state index in [4.69, 9.17) is 21.5 Å². The number of guanidine groups is 1. The summed E-state index contributed by atoms with van der Waals surface area (Å²) < 4.78 is 5.50. The van der Waals surface area contributed by atoms with Crippen molar-refractivity contribution in [1.29, 1.82) is 10.5 Å². The van der Waals surface area contributed by atoms with E-state index in [1.807, 2.05) is 6.07 Å². The van der Waals surface area contributed by atoms with Crippen LogP contribution in [-0.2, 0) is 0 Å². The van der Waals surface area contributed by atoms with Gasteiger partial charge in [0, 0.05) is 5.56 Å². The monoisotopic (exact) mass is 424 g/mol. The van der Waals surface area contributed by atoms with Gasteiger partial charge < -0.3 is 21.5 Å². The van der Waals surface area contributed by atoms with Crippen LogP contribution in [0.2, 0.25) is 0 Å². The molecule has 1 aliphatic rings. The van der Waals surface area contributed by atoms with Crippen LogP contribution < -0.4 is 26.8 Å². The van der Waals surface area contributed by atoms with Gasteiger partial charge in [0.2, 0.25) is 5.96 Å². The molecule has 2 heterocycles. The molecule has 3 aromatic rings. The van der Waals surface area contributed by atoms with Crippen LogP contribution in [0.4, 0.5) is 17.3 Å². The van der Waals surface area contributed by atoms with E-state index in [9.17, 15) is 10.1 Å². The minimum atomic E-state index is -0.738. The van der Waals surface area contributed by atoms with Gasteiger partial charge in [0.25, 0.3) is 0 Å². The number of nitrogen functional groups attached to an aromatic ring is 2. The van der Waals surface area contributed by atoms with Crippen molar-refractivity contribution in [2.75, 3.05) is 16.8 Å². The average Bonchev–Trinajstić information content (AvgIpc) is 2.79. The van der Waals surface area contributed by atoms with Gasteiger partial charge in [0.1, 0.15) is 35.1 Å². The Morgan fingerprint density at radius 3 is 2.62 bits per heavy atom. The molecule has 32 heavy (non-hydrogen) atoms. The first-order valence-corrected chi connectivity index (χ1v) is 9.38. The number of fused-ring (bicyclic) bond motifs is 1. The smallest absolute Gasteiger partial charge is 0.343 e. The summed E-state index contributed by atoms with van der Waals surface area (Å²) in [5, 5.41) is 23.7. The first kappa shape index (κ1) is 20.2. The van der Waals surface area contributed by atoms with Gasteiger partial charge in [-0.05, 0) is 29.8 Å². The van der Waals surface area contributed by atoms with Crippen molar-refractivity contribution in [2.24, 2.45) is 4.99 Å². The van der Waals surface area contributed by atoms with E-state index < -0.39 is 12.0 Å². The number of esters is 1. The number of anilines is 3. The van der Waals surface area contributed by atoms with Crippen LogP contribution in [0.3, 0.4) is 0 Å². The molecule has 0 aliphatic carbocycles. The molecule has 1 unspecified atom stereocenters. The summed E-state index contributed by atoms with van der Waals surface area (Å²) >= 11 is 0. The summed E-state index contributed by atoms with van der Waals surface area (Å²) in [5.41, 5.74) is 13.7. The maximum atomic E-state index is 12.4. The van der Waals surface area contributed by atoms with Crippen molar-refractivity contribution in [1.82, 2.24) is 10.3 Å². The summed E-state index contributed by atoms with van der Waals surface area (Å²) in [5.74, 6) is 0.142. The predicted molar refractivity (Wildman–Crippen MR) is 117 cm³/mol. The summed E-state index contributed by atoms with van der Waals surface area (Å²) in [7, 11) is 0. The Hall–Kier alpha value is -5.09. The van der Waals surface area contributed by atoms with Gasteiger partial charge >= 0.3 is 5.97 Å². The first-order chi connectivity index (χ1) is 15.5. The first-order valence-electron chi connectivity index (χ1n) is 9.38. The van der Waals surface area contributed by atoms with Crippen molar-refractivity contribution in [3.05, 3.63) is 76.9 Å². The molecular weight excluding hydrogens is 408 g/mol. The molecule has 1 aromatic heterocycles. The molecule has 1 aliphatic heterocycles. The van der Waals surface area contributed by atoms with Crippen LogP contribution in [0.15, 0.2) is 59.6 Å². The van der Waals surface area contributed by atoms with Crippen molar-refractivity contribution < 1.29 is 9.53 Å². The zero-order valence-corrected chi connectivity index (χ0v) is 16.5. The van der Waals surface area contributed by atoms with Crippen LogP contribution in [-0.4, -0.2) is 16.9 Å². The van der Waals surface area contributed by atoms with Gasteiger partial charge in [-0.2, -0.15) is 10.5 Å². The minimum absolute atomic E-state index is 0.0362. The lowest BCUT2D eigenvalue weighted by molar-refractivity contribution is 0.0734. The third-order valence-electron chi connectivity index (χ3n) is 4.75. The summed E-state index contributed by atoms with van der Waals surface area (Å²) in [4.78, 5) is 21.1. The number of pyridine rings is 1. The highest BCUT2D eigenvalue weighted by Gasteiger charge is 2.30. The van der Waals surface area contributed by atoms with Crippen LogP contribution in [0.25, 0.3) is 0 Å². The molecule has 0 spiro atoms. The Morgan fingerprint density at radius 1 is 1.12 bits per heavy atom. The lowest BCUT2D eigenvalue weighted by Gasteiger charge is -2.26. The SMILES string of the molecule is N#CNC1=NC(c2cccc(OC(=O)c3ccccc3)c2)c2c(nc(N)c(C#N)c2N)N1. The number of hydrogen-bond donors (Lipinski definition) is 4. The Morgan fingerprint density at radius 2 is 1.91 bits per heavy atom. The molecule has 156 valence electrons. The van der Waals surface area contributed by atoms with Crippen LogP contribution >= 0.6 is 0 Å². The zero-order valence-electron chi connectivity index (χ0n) is 16.5. The standard InChI is InChI=1S/C22H16N8O2/c23-10-15-17(25)16-18(28-22(27-11-24)30-20(16)29-19(15)26)13-7-4-8-14(9-13)32-21(31)12-5-2-1-3-6-12/h1-9,18H,(H6,25,26,27,28,29,30). The third-order valence-corrected chi connectivity index (χ3v) is 4.75. The third kappa shape index (κ3) is 3.72. The highest BCUT2D eigenvalue weighted by Crippen LogP contribution is 2.41. The van der Waals surface area contributed by atoms with E-state index >= 15 is 0 Å². The molecule has 0 saturated heterocycles. The molecule has 0 bridgehead atoms. The van der Waals surface area contributed by atoms with Crippen molar-refractivity contribution >= 4 is 29.3 Å². The normalized spacial score (nSPS) is 14.1. The van der Waals surface area contributed by atoms with E-state index in [2.05, 4.69) is 20.6 Å². The highest BCUT2D eigenvalue weighted by molar-refractivity contribution is 5.98. The Labute approximate surface area is 182 Å². The molecule has 4 rings (SSSR count). The van der Waals surface area contributed by atoms with Crippen LogP contribution in [0.5, 0.6) is 5.75 Å². The Balaban J connectivity index is 1.76. The highest BCUT2D eigenvalue weighted by atomic mass is 16.5. The second-order valence-corrected chi connectivity index (χ2v) is 6.73. The molecular formula is C22H16N8O2. The molecule has 10 nitrogen and oxygen atoms in total. The number of carbonyl (C=O) groups is 1. The van der Waals surface area contributed by atoms with E-state index in [0.29, 0.717) is 22.4 Å². The average molecular weight is 424 g/mol. The number of rotatable bonds is 3. The van der Waals surface area contributed by atoms with Crippen molar-refractivity contribution in [3.63, 3.8) is 0 Å². The number of carbonyl (C=O) groups excluding carboxylic acids is 1. The lowest BCUT2D eigenvalue weighted by atomic mass is 9.95. The number of aliphatic imine (C=N–C) groups is 1. The van der Waals surface area contributed by atoms with Crippen LogP contribution in [0.1, 0.15) is 33.1 Å². The zero-order chi connectivity index (χ0) is 22.7. The van der Waals surface area contributed by atoms with Gasteiger partial charge in [-0.25, -0.2) is 14.8 Å². The number of benzene rings is 2. The maximum Gasteiger partial charge on any atom is 0.343 e. The van der Waals surface area contributed by atoms with Gasteiger partial charge in [-0.1, -0.05) is 30.3 Å². The fraction of sp³-hybridized carbons (Fsp3) is 0.0455. The number of nitrogens with two attached hydrogens (primary N) is 2. The topological polar surface area (TPSA) is 175 Å². The second-order valence-electron chi connectivity index (χ2n) is 6.73. The Kier molecular flexibility index (Phi) is 5.26. The predicted octanol–water partition coefficient (Wildman–Crippen LogP) is 2.28. The van der Waals surface area contributed by atoms with Crippen LogP contribution in [0, 0.1) is 22.8 Å². The number of nitrogens with zero attached hydrogens (tertiary/aromatic N) is 4. The van der Waals surface area contributed by atoms with E-state index in [1.54, 1.807) is 60.8 Å². The maximum absolute atomic E-state index is 12.4. The molecule has 0 fully saturated rings. The van der Waals surface area contributed by atoms with E-state index in [-0.39, 0.29) is 28.8 Å². The Bertz CT molecular complexity index is 1320. The second kappa shape index (κ2) is 8.34. The van der Waals surface area contributed by atoms with E-state index in [1.165, 1.54) is 0 Å². The molecule has 10 heteroatoms. The molecule has 0 amide bonds. The van der Waals surface area contributed by atoms with Gasteiger partial charge in [-0.15, -0.1) is 0 Å². The number of nitrogens with one attached hydrogen (secondary N) is 2.